The van der Waals surface area contributed by atoms with E-state index in [2.05, 4.69) is 20.5 Å². The fourth-order valence-electron chi connectivity index (χ4n) is 2.32. The summed E-state index contributed by atoms with van der Waals surface area (Å²) in [4.78, 5) is 18.1. The fraction of sp³-hybridized carbons (Fsp3) is 0.222. The zero-order valence-corrected chi connectivity index (χ0v) is 15.2. The molecule has 0 saturated heterocycles. The molecule has 0 aliphatic rings. The van der Waals surface area contributed by atoms with Crippen LogP contribution in [0.15, 0.2) is 42.6 Å². The second-order valence-electron chi connectivity index (χ2n) is 5.87. The number of amides is 2. The van der Waals surface area contributed by atoms with Crippen molar-refractivity contribution in [2.24, 2.45) is 0 Å². The normalized spacial score (nSPS) is 10.5. The van der Waals surface area contributed by atoms with Crippen LogP contribution in [0.4, 0.5) is 9.93 Å². The number of urea groups is 1. The lowest BCUT2D eigenvalue weighted by Crippen LogP contribution is -2.30. The largest absolute Gasteiger partial charge is 0.323 e. The molecule has 25 heavy (non-hydrogen) atoms. The monoisotopic (exact) mass is 353 g/mol. The molecular formula is C18H19N5OS. The molecule has 7 heteroatoms. The third-order valence-corrected chi connectivity index (χ3v) is 4.55. The maximum Gasteiger partial charge on any atom is 0.323 e. The Hall–Kier alpha value is -2.80. The molecule has 0 bridgehead atoms. The SMILES string of the molecule is Cc1ccc(-c2nnc(NC(=O)N(C)Cc3ccnc(C)c3)s2)cc1. The number of benzene rings is 1. The minimum Gasteiger partial charge on any atom is -0.323 e. The summed E-state index contributed by atoms with van der Waals surface area (Å²) < 4.78 is 0. The van der Waals surface area contributed by atoms with E-state index in [4.69, 9.17) is 0 Å². The predicted molar refractivity (Wildman–Crippen MR) is 99.5 cm³/mol. The number of hydrogen-bond acceptors (Lipinski definition) is 5. The number of hydrogen-bond donors (Lipinski definition) is 1. The molecule has 3 aromatic rings. The number of aromatic nitrogens is 3. The first-order chi connectivity index (χ1) is 12.0. The fourth-order valence-corrected chi connectivity index (χ4v) is 3.06. The van der Waals surface area contributed by atoms with Gasteiger partial charge in [-0.1, -0.05) is 41.2 Å². The molecule has 6 nitrogen and oxygen atoms in total. The van der Waals surface area contributed by atoms with Gasteiger partial charge in [0, 0.05) is 31.0 Å². The van der Waals surface area contributed by atoms with Gasteiger partial charge < -0.3 is 4.90 Å². The summed E-state index contributed by atoms with van der Waals surface area (Å²) >= 11 is 1.36. The topological polar surface area (TPSA) is 71.0 Å². The van der Waals surface area contributed by atoms with Crippen molar-refractivity contribution >= 4 is 22.5 Å². The molecular weight excluding hydrogens is 334 g/mol. The first kappa shape index (κ1) is 17.0. The van der Waals surface area contributed by atoms with Crippen LogP contribution in [0.25, 0.3) is 10.6 Å². The molecule has 128 valence electrons. The van der Waals surface area contributed by atoms with Gasteiger partial charge in [-0.2, -0.15) is 0 Å². The van der Waals surface area contributed by atoms with Crippen molar-refractivity contribution in [1.82, 2.24) is 20.1 Å². The van der Waals surface area contributed by atoms with Gasteiger partial charge in [0.05, 0.1) is 0 Å². The number of nitrogens with one attached hydrogen (secondary N) is 1. The van der Waals surface area contributed by atoms with Crippen LogP contribution in [0.5, 0.6) is 0 Å². The lowest BCUT2D eigenvalue weighted by atomic mass is 10.2. The van der Waals surface area contributed by atoms with Crippen LogP contribution in [-0.4, -0.2) is 33.2 Å². The summed E-state index contributed by atoms with van der Waals surface area (Å²) in [6.45, 7) is 4.46. The molecule has 0 fully saturated rings. The van der Waals surface area contributed by atoms with Gasteiger partial charge in [0.1, 0.15) is 5.01 Å². The third-order valence-electron chi connectivity index (χ3n) is 3.66. The van der Waals surface area contributed by atoms with Crippen LogP contribution < -0.4 is 5.32 Å². The van der Waals surface area contributed by atoms with Crippen molar-refractivity contribution in [2.45, 2.75) is 20.4 Å². The molecule has 0 aliphatic carbocycles. The van der Waals surface area contributed by atoms with E-state index in [-0.39, 0.29) is 6.03 Å². The quantitative estimate of drug-likeness (QED) is 0.773. The summed E-state index contributed by atoms with van der Waals surface area (Å²) in [5, 5.41) is 12.3. The first-order valence-corrected chi connectivity index (χ1v) is 8.67. The zero-order chi connectivity index (χ0) is 17.8. The van der Waals surface area contributed by atoms with Crippen molar-refractivity contribution < 1.29 is 4.79 Å². The highest BCUT2D eigenvalue weighted by Gasteiger charge is 2.13. The number of anilines is 1. The average molecular weight is 353 g/mol. The van der Waals surface area contributed by atoms with Gasteiger partial charge in [0.25, 0.3) is 0 Å². The lowest BCUT2D eigenvalue weighted by Gasteiger charge is -2.17. The average Bonchev–Trinajstić information content (AvgIpc) is 3.04. The van der Waals surface area contributed by atoms with Gasteiger partial charge in [0.2, 0.25) is 5.13 Å². The molecule has 2 heterocycles. The molecule has 0 spiro atoms. The summed E-state index contributed by atoms with van der Waals surface area (Å²) in [6, 6.07) is 11.7. The van der Waals surface area contributed by atoms with Crippen LogP contribution >= 0.6 is 11.3 Å². The van der Waals surface area contributed by atoms with Gasteiger partial charge >= 0.3 is 6.03 Å². The second kappa shape index (κ2) is 7.40. The van der Waals surface area contributed by atoms with Gasteiger partial charge in [-0.3, -0.25) is 10.3 Å². The summed E-state index contributed by atoms with van der Waals surface area (Å²) in [7, 11) is 1.74. The Morgan fingerprint density at radius 3 is 2.64 bits per heavy atom. The van der Waals surface area contributed by atoms with E-state index < -0.39 is 0 Å². The van der Waals surface area contributed by atoms with E-state index in [0.717, 1.165) is 21.8 Å². The van der Waals surface area contributed by atoms with E-state index in [0.29, 0.717) is 11.7 Å². The Kier molecular flexibility index (Phi) is 5.04. The smallest absolute Gasteiger partial charge is 0.323 e. The maximum atomic E-state index is 12.3. The van der Waals surface area contributed by atoms with Crippen LogP contribution in [-0.2, 0) is 6.54 Å². The highest BCUT2D eigenvalue weighted by molar-refractivity contribution is 7.18. The minimum absolute atomic E-state index is 0.221. The second-order valence-corrected chi connectivity index (χ2v) is 6.85. The number of carbonyl (C=O) groups excluding carboxylic acids is 1. The van der Waals surface area contributed by atoms with Crippen LogP contribution in [0.3, 0.4) is 0 Å². The standard InChI is InChI=1S/C18H19N5OS/c1-12-4-6-15(7-5-12)16-21-22-17(25-16)20-18(24)23(3)11-14-8-9-19-13(2)10-14/h4-10H,11H2,1-3H3,(H,20,22,24). The highest BCUT2D eigenvalue weighted by Crippen LogP contribution is 2.26. The number of aryl methyl sites for hydroxylation is 2. The Morgan fingerprint density at radius 2 is 1.92 bits per heavy atom. The van der Waals surface area contributed by atoms with E-state index >= 15 is 0 Å². The Bertz CT molecular complexity index is 875. The highest BCUT2D eigenvalue weighted by atomic mass is 32.1. The van der Waals surface area contributed by atoms with Crippen LogP contribution in [0, 0.1) is 13.8 Å². The van der Waals surface area contributed by atoms with E-state index in [1.807, 2.05) is 50.2 Å². The van der Waals surface area contributed by atoms with Crippen LogP contribution in [0.1, 0.15) is 16.8 Å². The molecule has 2 aromatic heterocycles. The van der Waals surface area contributed by atoms with Gasteiger partial charge in [-0.05, 0) is 31.5 Å². The number of carbonyl (C=O) groups is 1. The molecule has 0 saturated carbocycles. The van der Waals surface area contributed by atoms with E-state index in [9.17, 15) is 4.79 Å². The van der Waals surface area contributed by atoms with Crippen molar-refractivity contribution in [3.8, 4) is 10.6 Å². The van der Waals surface area contributed by atoms with Crippen LogP contribution in [0.2, 0.25) is 0 Å². The summed E-state index contributed by atoms with van der Waals surface area (Å²) in [5.41, 5.74) is 4.14. The number of pyridine rings is 1. The minimum atomic E-state index is -0.221. The zero-order valence-electron chi connectivity index (χ0n) is 14.4. The lowest BCUT2D eigenvalue weighted by molar-refractivity contribution is 0.220. The predicted octanol–water partition coefficient (Wildman–Crippen LogP) is 3.88. The molecule has 2 amide bonds. The van der Waals surface area contributed by atoms with Gasteiger partial charge in [0.15, 0.2) is 0 Å². The Balaban J connectivity index is 1.64. The molecule has 1 N–H and O–H groups in total. The Morgan fingerprint density at radius 1 is 1.16 bits per heavy atom. The van der Waals surface area contributed by atoms with Crippen molar-refractivity contribution in [1.29, 1.82) is 0 Å². The van der Waals surface area contributed by atoms with Gasteiger partial charge in [-0.15, -0.1) is 10.2 Å². The van der Waals surface area contributed by atoms with Crippen molar-refractivity contribution in [3.63, 3.8) is 0 Å². The number of rotatable bonds is 4. The van der Waals surface area contributed by atoms with Gasteiger partial charge in [-0.25, -0.2) is 4.79 Å². The molecule has 0 unspecified atom stereocenters. The number of nitrogens with zero attached hydrogens (tertiary/aromatic N) is 4. The first-order valence-electron chi connectivity index (χ1n) is 7.85. The molecule has 3 rings (SSSR count). The molecule has 0 radical (unpaired) electrons. The van der Waals surface area contributed by atoms with E-state index in [1.165, 1.54) is 16.9 Å². The molecule has 1 aromatic carbocycles. The van der Waals surface area contributed by atoms with E-state index in [1.54, 1.807) is 18.1 Å². The maximum absolute atomic E-state index is 12.3. The third kappa shape index (κ3) is 4.39. The summed E-state index contributed by atoms with van der Waals surface area (Å²) in [6.07, 6.45) is 1.75. The molecule has 0 atom stereocenters. The molecule has 0 aliphatic heterocycles. The van der Waals surface area contributed by atoms with Crippen molar-refractivity contribution in [3.05, 3.63) is 59.4 Å². The summed E-state index contributed by atoms with van der Waals surface area (Å²) in [5.74, 6) is 0. The Labute approximate surface area is 150 Å². The van der Waals surface area contributed by atoms with Crippen molar-refractivity contribution in [2.75, 3.05) is 12.4 Å².